The van der Waals surface area contributed by atoms with Crippen molar-refractivity contribution in [1.82, 2.24) is 0 Å². The highest BCUT2D eigenvalue weighted by Crippen LogP contribution is 2.23. The monoisotopic (exact) mass is 287 g/mol. The Morgan fingerprint density at radius 1 is 1.29 bits per heavy atom. The summed E-state index contributed by atoms with van der Waals surface area (Å²) in [5.74, 6) is -0.715. The molecule has 0 fully saturated rings. The van der Waals surface area contributed by atoms with Gasteiger partial charge in [0.1, 0.15) is 0 Å². The van der Waals surface area contributed by atoms with Crippen molar-refractivity contribution in [3.63, 3.8) is 0 Å². The molecule has 1 aliphatic carbocycles. The van der Waals surface area contributed by atoms with Crippen LogP contribution in [0.4, 0.5) is 5.69 Å². The first-order chi connectivity index (χ1) is 10.1. The van der Waals surface area contributed by atoms with Crippen LogP contribution in [-0.2, 0) is 9.59 Å². The summed E-state index contributed by atoms with van der Waals surface area (Å²) in [6, 6.07) is 7.43. The number of carboxylic acid groups (broad SMARTS) is 1. The predicted octanol–water partition coefficient (Wildman–Crippen LogP) is 3.56. The quantitative estimate of drug-likeness (QED) is 0.814. The molecule has 2 unspecified atom stereocenters. The van der Waals surface area contributed by atoms with Gasteiger partial charge in [0.2, 0.25) is 5.91 Å². The van der Waals surface area contributed by atoms with Crippen LogP contribution in [0.15, 0.2) is 36.4 Å². The van der Waals surface area contributed by atoms with Crippen LogP contribution in [0.3, 0.4) is 0 Å². The standard InChI is InChI=1S/C17H21NO3/c1-12(11-16(19)20)13-7-9-15(10-8-13)18-17(21)14-5-3-2-4-6-14/h2-3,7-10,12,14H,4-6,11H2,1H3,(H,18,21)(H,19,20). The highest BCUT2D eigenvalue weighted by Gasteiger charge is 2.18. The summed E-state index contributed by atoms with van der Waals surface area (Å²) >= 11 is 0. The first-order valence-corrected chi connectivity index (χ1v) is 7.34. The molecule has 1 amide bonds. The SMILES string of the molecule is CC(CC(=O)O)c1ccc(NC(=O)C2CC=CCC2)cc1. The molecule has 21 heavy (non-hydrogen) atoms. The van der Waals surface area contributed by atoms with Crippen molar-refractivity contribution in [2.75, 3.05) is 5.32 Å². The lowest BCUT2D eigenvalue weighted by Crippen LogP contribution is -2.23. The molecule has 112 valence electrons. The zero-order valence-corrected chi connectivity index (χ0v) is 12.2. The fourth-order valence-corrected chi connectivity index (χ4v) is 2.55. The van der Waals surface area contributed by atoms with E-state index < -0.39 is 5.97 Å². The number of hydrogen-bond donors (Lipinski definition) is 2. The van der Waals surface area contributed by atoms with Crippen molar-refractivity contribution in [1.29, 1.82) is 0 Å². The van der Waals surface area contributed by atoms with E-state index in [9.17, 15) is 9.59 Å². The summed E-state index contributed by atoms with van der Waals surface area (Å²) in [5.41, 5.74) is 1.73. The first kappa shape index (κ1) is 15.3. The number of carbonyl (C=O) groups is 2. The summed E-state index contributed by atoms with van der Waals surface area (Å²) in [6.45, 7) is 1.88. The molecule has 0 aliphatic heterocycles. The van der Waals surface area contributed by atoms with Gasteiger partial charge < -0.3 is 10.4 Å². The van der Waals surface area contributed by atoms with Crippen molar-refractivity contribution in [3.8, 4) is 0 Å². The molecule has 1 aliphatic rings. The largest absolute Gasteiger partial charge is 0.481 e. The Hall–Kier alpha value is -2.10. The molecule has 0 bridgehead atoms. The average molecular weight is 287 g/mol. The molecule has 0 spiro atoms. The molecule has 1 aromatic carbocycles. The number of nitrogens with one attached hydrogen (secondary N) is 1. The lowest BCUT2D eigenvalue weighted by molar-refractivity contribution is -0.137. The van der Waals surface area contributed by atoms with Gasteiger partial charge in [-0.25, -0.2) is 0 Å². The number of carbonyl (C=O) groups excluding carboxylic acids is 1. The van der Waals surface area contributed by atoms with E-state index in [-0.39, 0.29) is 24.2 Å². The van der Waals surface area contributed by atoms with E-state index in [0.29, 0.717) is 0 Å². The summed E-state index contributed by atoms with van der Waals surface area (Å²) in [7, 11) is 0. The third-order valence-corrected chi connectivity index (χ3v) is 3.87. The minimum Gasteiger partial charge on any atom is -0.481 e. The molecule has 0 saturated heterocycles. The van der Waals surface area contributed by atoms with E-state index in [1.807, 2.05) is 31.2 Å². The van der Waals surface area contributed by atoms with Crippen LogP contribution in [0.5, 0.6) is 0 Å². The summed E-state index contributed by atoms with van der Waals surface area (Å²) < 4.78 is 0. The Kier molecular flexibility index (Phi) is 5.14. The highest BCUT2D eigenvalue weighted by molar-refractivity contribution is 5.92. The van der Waals surface area contributed by atoms with E-state index in [4.69, 9.17) is 5.11 Å². The van der Waals surface area contributed by atoms with Gasteiger partial charge >= 0.3 is 5.97 Å². The molecule has 1 aromatic rings. The van der Waals surface area contributed by atoms with Gasteiger partial charge in [0, 0.05) is 11.6 Å². The van der Waals surface area contributed by atoms with Crippen molar-refractivity contribution in [2.24, 2.45) is 5.92 Å². The second-order valence-electron chi connectivity index (χ2n) is 5.59. The van der Waals surface area contributed by atoms with Gasteiger partial charge in [-0.05, 0) is 42.9 Å². The molecular weight excluding hydrogens is 266 g/mol. The number of anilines is 1. The smallest absolute Gasteiger partial charge is 0.303 e. The number of carboxylic acids is 1. The Labute approximate surface area is 124 Å². The zero-order valence-electron chi connectivity index (χ0n) is 12.2. The van der Waals surface area contributed by atoms with Crippen LogP contribution in [-0.4, -0.2) is 17.0 Å². The molecule has 2 rings (SSSR count). The van der Waals surface area contributed by atoms with Gasteiger partial charge in [0.05, 0.1) is 6.42 Å². The van der Waals surface area contributed by atoms with E-state index in [1.54, 1.807) is 0 Å². The minimum atomic E-state index is -0.801. The van der Waals surface area contributed by atoms with Gasteiger partial charge in [0.15, 0.2) is 0 Å². The molecular formula is C17H21NO3. The molecule has 4 nitrogen and oxygen atoms in total. The van der Waals surface area contributed by atoms with E-state index in [2.05, 4.69) is 17.5 Å². The first-order valence-electron chi connectivity index (χ1n) is 7.34. The number of benzene rings is 1. The Balaban J connectivity index is 1.94. The third kappa shape index (κ3) is 4.45. The Morgan fingerprint density at radius 2 is 2.00 bits per heavy atom. The van der Waals surface area contributed by atoms with Crippen LogP contribution < -0.4 is 5.32 Å². The molecule has 0 saturated carbocycles. The van der Waals surface area contributed by atoms with E-state index >= 15 is 0 Å². The van der Waals surface area contributed by atoms with Crippen LogP contribution in [0.2, 0.25) is 0 Å². The fourth-order valence-electron chi connectivity index (χ4n) is 2.55. The van der Waals surface area contributed by atoms with Crippen LogP contribution >= 0.6 is 0 Å². The number of amides is 1. The molecule has 2 N–H and O–H groups in total. The second-order valence-corrected chi connectivity index (χ2v) is 5.59. The van der Waals surface area contributed by atoms with Gasteiger partial charge in [-0.1, -0.05) is 31.2 Å². The van der Waals surface area contributed by atoms with Crippen LogP contribution in [0.1, 0.15) is 44.1 Å². The second kappa shape index (κ2) is 7.07. The van der Waals surface area contributed by atoms with Crippen LogP contribution in [0.25, 0.3) is 0 Å². The van der Waals surface area contributed by atoms with Crippen molar-refractivity contribution >= 4 is 17.6 Å². The van der Waals surface area contributed by atoms with Crippen LogP contribution in [0, 0.1) is 5.92 Å². The molecule has 0 radical (unpaired) electrons. The van der Waals surface area contributed by atoms with Crippen molar-refractivity contribution in [3.05, 3.63) is 42.0 Å². The maximum absolute atomic E-state index is 12.1. The number of aliphatic carboxylic acids is 1. The number of hydrogen-bond acceptors (Lipinski definition) is 2. The topological polar surface area (TPSA) is 66.4 Å². The maximum atomic E-state index is 12.1. The predicted molar refractivity (Wildman–Crippen MR) is 82.2 cm³/mol. The lowest BCUT2D eigenvalue weighted by Gasteiger charge is -2.17. The summed E-state index contributed by atoms with van der Waals surface area (Å²) in [5, 5.41) is 11.7. The van der Waals surface area contributed by atoms with Crippen molar-refractivity contribution in [2.45, 2.75) is 38.5 Å². The lowest BCUT2D eigenvalue weighted by atomic mass is 9.93. The molecule has 2 atom stereocenters. The molecule has 4 heteroatoms. The van der Waals surface area contributed by atoms with E-state index in [0.717, 1.165) is 30.5 Å². The van der Waals surface area contributed by atoms with Gasteiger partial charge in [-0.3, -0.25) is 9.59 Å². The summed E-state index contributed by atoms with van der Waals surface area (Å²) in [4.78, 5) is 22.8. The Bertz CT molecular complexity index is 533. The zero-order chi connectivity index (χ0) is 15.2. The number of rotatable bonds is 5. The van der Waals surface area contributed by atoms with Gasteiger partial charge in [-0.2, -0.15) is 0 Å². The maximum Gasteiger partial charge on any atom is 0.303 e. The minimum absolute atomic E-state index is 0.0317. The normalized spacial score (nSPS) is 19.0. The molecule has 0 aromatic heterocycles. The van der Waals surface area contributed by atoms with Gasteiger partial charge in [-0.15, -0.1) is 0 Å². The summed E-state index contributed by atoms with van der Waals surface area (Å²) in [6.07, 6.45) is 6.95. The Morgan fingerprint density at radius 3 is 2.57 bits per heavy atom. The highest BCUT2D eigenvalue weighted by atomic mass is 16.4. The number of allylic oxidation sites excluding steroid dienone is 2. The fraction of sp³-hybridized carbons (Fsp3) is 0.412. The van der Waals surface area contributed by atoms with Crippen molar-refractivity contribution < 1.29 is 14.7 Å². The van der Waals surface area contributed by atoms with E-state index in [1.165, 1.54) is 0 Å². The average Bonchev–Trinajstić information content (AvgIpc) is 2.48. The molecule has 0 heterocycles. The third-order valence-electron chi connectivity index (χ3n) is 3.87. The van der Waals surface area contributed by atoms with Gasteiger partial charge in [0.25, 0.3) is 0 Å².